The van der Waals surface area contributed by atoms with Gasteiger partial charge < -0.3 is 20.7 Å². The minimum absolute atomic E-state index is 0.00373. The third kappa shape index (κ3) is 4.86. The van der Waals surface area contributed by atoms with Gasteiger partial charge in [-0.15, -0.1) is 0 Å². The van der Waals surface area contributed by atoms with Gasteiger partial charge in [-0.3, -0.25) is 0 Å². The van der Waals surface area contributed by atoms with Crippen molar-refractivity contribution in [2.45, 2.75) is 70.6 Å². The molecule has 1 saturated carbocycles. The van der Waals surface area contributed by atoms with Crippen LogP contribution in [-0.2, 0) is 4.79 Å². The molecule has 0 unspecified atom stereocenters. The number of hydrogen-bond donors (Lipinski definition) is 3. The Morgan fingerprint density at radius 3 is 2.21 bits per heavy atom. The fraction of sp³-hybridized carbons (Fsp3) is 0.933. The Balaban J connectivity index is 2.49. The van der Waals surface area contributed by atoms with Crippen molar-refractivity contribution in [3.05, 3.63) is 0 Å². The Morgan fingerprint density at radius 1 is 1.16 bits per heavy atom. The molecular formula is C15H29NO3. The van der Waals surface area contributed by atoms with Crippen molar-refractivity contribution < 1.29 is 15.0 Å². The maximum absolute atomic E-state index is 11.0. The van der Waals surface area contributed by atoms with Crippen LogP contribution in [0.3, 0.4) is 0 Å². The van der Waals surface area contributed by atoms with E-state index in [2.05, 4.69) is 0 Å². The largest absolute Gasteiger partial charge is 0.390 e. The highest BCUT2D eigenvalue weighted by Crippen LogP contribution is 2.28. The number of rotatable bonds is 7. The SMILES string of the molecule is CC(C)[C@@H](C=O)[C@@H](O)[C@H](O)[C@@H](N)CC1CCCCC1. The van der Waals surface area contributed by atoms with Crippen LogP contribution in [0.5, 0.6) is 0 Å². The van der Waals surface area contributed by atoms with E-state index in [1.54, 1.807) is 0 Å². The van der Waals surface area contributed by atoms with E-state index in [-0.39, 0.29) is 5.92 Å². The van der Waals surface area contributed by atoms with Crippen molar-refractivity contribution in [2.24, 2.45) is 23.5 Å². The average molecular weight is 271 g/mol. The Morgan fingerprint density at radius 2 is 1.74 bits per heavy atom. The summed E-state index contributed by atoms with van der Waals surface area (Å²) in [7, 11) is 0. The number of carbonyl (C=O) groups is 1. The standard InChI is InChI=1S/C15H29NO3/c1-10(2)12(9-17)14(18)15(19)13(16)8-11-6-4-3-5-7-11/h9-15,18-19H,3-8,16H2,1-2H3/t12-,13+,14-,15-/m1/s1. The first-order chi connectivity index (χ1) is 8.97. The van der Waals surface area contributed by atoms with Crippen LogP contribution >= 0.6 is 0 Å². The molecule has 0 aromatic rings. The minimum atomic E-state index is -1.06. The second kappa shape index (κ2) is 7.98. The van der Waals surface area contributed by atoms with Gasteiger partial charge >= 0.3 is 0 Å². The maximum atomic E-state index is 11.0. The van der Waals surface area contributed by atoms with Gasteiger partial charge in [0.05, 0.1) is 12.2 Å². The number of aliphatic hydroxyl groups excluding tert-OH is 2. The van der Waals surface area contributed by atoms with E-state index >= 15 is 0 Å². The second-order valence-electron chi connectivity index (χ2n) is 6.34. The number of carbonyl (C=O) groups excluding carboxylic acids is 1. The van der Waals surface area contributed by atoms with Crippen LogP contribution in [0, 0.1) is 17.8 Å². The van der Waals surface area contributed by atoms with Gasteiger partial charge in [-0.25, -0.2) is 0 Å². The molecular weight excluding hydrogens is 242 g/mol. The first-order valence-electron chi connectivity index (χ1n) is 7.54. The molecule has 1 fully saturated rings. The first kappa shape index (κ1) is 16.6. The molecule has 1 aliphatic carbocycles. The summed E-state index contributed by atoms with van der Waals surface area (Å²) in [6.07, 6.45) is 5.48. The maximum Gasteiger partial charge on any atom is 0.126 e. The van der Waals surface area contributed by atoms with Gasteiger partial charge in [0.1, 0.15) is 6.29 Å². The van der Waals surface area contributed by atoms with Crippen LogP contribution in [0.1, 0.15) is 52.4 Å². The second-order valence-corrected chi connectivity index (χ2v) is 6.34. The van der Waals surface area contributed by atoms with E-state index in [1.165, 1.54) is 19.3 Å². The molecule has 0 amide bonds. The van der Waals surface area contributed by atoms with Crippen LogP contribution in [0.25, 0.3) is 0 Å². The lowest BCUT2D eigenvalue weighted by Gasteiger charge is -2.32. The van der Waals surface area contributed by atoms with E-state index in [0.717, 1.165) is 25.5 Å². The lowest BCUT2D eigenvalue weighted by molar-refractivity contribution is -0.121. The van der Waals surface area contributed by atoms with Crippen molar-refractivity contribution in [3.63, 3.8) is 0 Å². The van der Waals surface area contributed by atoms with Crippen LogP contribution in [-0.4, -0.2) is 34.7 Å². The van der Waals surface area contributed by atoms with Gasteiger partial charge in [0, 0.05) is 12.0 Å². The molecule has 4 heteroatoms. The lowest BCUT2D eigenvalue weighted by Crippen LogP contribution is -2.48. The zero-order valence-corrected chi connectivity index (χ0v) is 12.2. The molecule has 0 aromatic heterocycles. The van der Waals surface area contributed by atoms with Crippen LogP contribution in [0.15, 0.2) is 0 Å². The van der Waals surface area contributed by atoms with Crippen molar-refractivity contribution in [3.8, 4) is 0 Å². The molecule has 0 spiro atoms. The molecule has 19 heavy (non-hydrogen) atoms. The highest BCUT2D eigenvalue weighted by molar-refractivity contribution is 5.55. The highest BCUT2D eigenvalue weighted by Gasteiger charge is 2.33. The fourth-order valence-corrected chi connectivity index (χ4v) is 3.06. The van der Waals surface area contributed by atoms with Crippen LogP contribution in [0.2, 0.25) is 0 Å². The quantitative estimate of drug-likeness (QED) is 0.612. The summed E-state index contributed by atoms with van der Waals surface area (Å²) in [6, 6.07) is -0.445. The molecule has 4 atom stereocenters. The first-order valence-corrected chi connectivity index (χ1v) is 7.54. The number of nitrogens with two attached hydrogens (primary N) is 1. The minimum Gasteiger partial charge on any atom is -0.390 e. The topological polar surface area (TPSA) is 83.5 Å². The Kier molecular flexibility index (Phi) is 6.97. The van der Waals surface area contributed by atoms with E-state index in [4.69, 9.17) is 5.73 Å². The molecule has 0 aromatic carbocycles. The molecule has 0 saturated heterocycles. The van der Waals surface area contributed by atoms with Crippen LogP contribution in [0.4, 0.5) is 0 Å². The molecule has 0 bridgehead atoms. The number of hydrogen-bond acceptors (Lipinski definition) is 4. The number of aliphatic hydroxyl groups is 2. The molecule has 1 rings (SSSR count). The summed E-state index contributed by atoms with van der Waals surface area (Å²) >= 11 is 0. The van der Waals surface area contributed by atoms with Crippen molar-refractivity contribution >= 4 is 6.29 Å². The third-order valence-electron chi connectivity index (χ3n) is 4.44. The zero-order valence-electron chi connectivity index (χ0n) is 12.2. The Hall–Kier alpha value is -0.450. The van der Waals surface area contributed by atoms with Crippen LogP contribution < -0.4 is 5.73 Å². The van der Waals surface area contributed by atoms with Gasteiger partial charge in [0.2, 0.25) is 0 Å². The van der Waals surface area contributed by atoms with Gasteiger partial charge in [-0.2, -0.15) is 0 Å². The van der Waals surface area contributed by atoms with E-state index in [9.17, 15) is 15.0 Å². The monoisotopic (exact) mass is 271 g/mol. The Bertz CT molecular complexity index is 264. The molecule has 4 N–H and O–H groups in total. The van der Waals surface area contributed by atoms with Gasteiger partial charge in [-0.1, -0.05) is 46.0 Å². The van der Waals surface area contributed by atoms with Gasteiger partial charge in [0.25, 0.3) is 0 Å². The number of aldehydes is 1. The van der Waals surface area contributed by atoms with Gasteiger partial charge in [0.15, 0.2) is 0 Å². The summed E-state index contributed by atoms with van der Waals surface area (Å²) in [5.74, 6) is 0.00997. The summed E-state index contributed by atoms with van der Waals surface area (Å²) in [4.78, 5) is 11.0. The molecule has 4 nitrogen and oxygen atoms in total. The van der Waals surface area contributed by atoms with E-state index in [1.807, 2.05) is 13.8 Å². The predicted octanol–water partition coefficient (Wildman–Crippen LogP) is 1.48. The zero-order chi connectivity index (χ0) is 14.4. The van der Waals surface area contributed by atoms with E-state index < -0.39 is 24.2 Å². The predicted molar refractivity (Wildman–Crippen MR) is 75.6 cm³/mol. The Labute approximate surface area is 116 Å². The smallest absolute Gasteiger partial charge is 0.126 e. The molecule has 0 heterocycles. The van der Waals surface area contributed by atoms with Crippen molar-refractivity contribution in [1.82, 2.24) is 0 Å². The van der Waals surface area contributed by atoms with Crippen molar-refractivity contribution in [2.75, 3.05) is 0 Å². The molecule has 0 aliphatic heterocycles. The summed E-state index contributed by atoms with van der Waals surface area (Å²) < 4.78 is 0. The fourth-order valence-electron chi connectivity index (χ4n) is 3.06. The lowest BCUT2D eigenvalue weighted by atomic mass is 9.81. The third-order valence-corrected chi connectivity index (χ3v) is 4.44. The normalized spacial score (nSPS) is 23.9. The molecule has 0 radical (unpaired) electrons. The highest BCUT2D eigenvalue weighted by atomic mass is 16.3. The molecule has 1 aliphatic rings. The van der Waals surface area contributed by atoms with Crippen molar-refractivity contribution in [1.29, 1.82) is 0 Å². The average Bonchev–Trinajstić information content (AvgIpc) is 2.39. The van der Waals surface area contributed by atoms with E-state index in [0.29, 0.717) is 5.92 Å². The molecule has 112 valence electrons. The summed E-state index contributed by atoms with van der Waals surface area (Å²) in [5.41, 5.74) is 6.02. The summed E-state index contributed by atoms with van der Waals surface area (Å²) in [6.45, 7) is 3.73. The van der Waals surface area contributed by atoms with Gasteiger partial charge in [-0.05, 0) is 18.3 Å². The summed E-state index contributed by atoms with van der Waals surface area (Å²) in [5, 5.41) is 20.2.